The monoisotopic (exact) mass is 304 g/mol. The number of hydrogen-bond acceptors (Lipinski definition) is 6. The van der Waals surface area contributed by atoms with Crippen LogP contribution in [0.15, 0.2) is 24.3 Å². The Morgan fingerprint density at radius 1 is 1.10 bits per heavy atom. The average Bonchev–Trinajstić information content (AvgIpc) is 2.99. The maximum absolute atomic E-state index is 8.82. The second-order valence-electron chi connectivity index (χ2n) is 4.15. The van der Waals surface area contributed by atoms with Gasteiger partial charge in [-0.05, 0) is 12.1 Å². The minimum Gasteiger partial charge on any atom is -0.493 e. The van der Waals surface area contributed by atoms with E-state index in [0.29, 0.717) is 28.7 Å². The molecule has 0 aliphatic heterocycles. The first-order chi connectivity index (χ1) is 10.2. The molecule has 0 atom stereocenters. The summed E-state index contributed by atoms with van der Waals surface area (Å²) in [5, 5.41) is 12.1. The molecule has 2 aromatic rings. The highest BCUT2D eigenvalue weighted by molar-refractivity contribution is 7.12. The summed E-state index contributed by atoms with van der Waals surface area (Å²) in [7, 11) is 4.74. The van der Waals surface area contributed by atoms with Crippen LogP contribution in [0.1, 0.15) is 9.75 Å². The lowest BCUT2D eigenvalue weighted by molar-refractivity contribution is 0.324. The van der Waals surface area contributed by atoms with Crippen molar-refractivity contribution in [2.24, 2.45) is 0 Å². The zero-order chi connectivity index (χ0) is 15.2. The number of nitrogens with zero attached hydrogens (tertiary/aromatic N) is 1. The van der Waals surface area contributed by atoms with Crippen LogP contribution in [0.3, 0.4) is 0 Å². The predicted octanol–water partition coefficient (Wildman–Crippen LogP) is 3.26. The number of thiophene rings is 1. The number of benzene rings is 1. The van der Waals surface area contributed by atoms with Gasteiger partial charge in [-0.25, -0.2) is 0 Å². The molecule has 0 spiro atoms. The number of anilines is 1. The van der Waals surface area contributed by atoms with E-state index in [1.807, 2.05) is 24.3 Å². The molecule has 0 unspecified atom stereocenters. The number of rotatable bonds is 6. The highest BCUT2D eigenvalue weighted by atomic mass is 32.1. The molecule has 0 amide bonds. The number of ether oxygens (including phenoxy) is 3. The Bertz CT molecular complexity index is 636. The molecular formula is C15H16N2O3S. The van der Waals surface area contributed by atoms with E-state index in [-0.39, 0.29) is 0 Å². The first-order valence-electron chi connectivity index (χ1n) is 6.24. The third-order valence-electron chi connectivity index (χ3n) is 2.90. The molecule has 110 valence electrons. The van der Waals surface area contributed by atoms with E-state index in [1.54, 1.807) is 21.3 Å². The summed E-state index contributed by atoms with van der Waals surface area (Å²) in [5.41, 5.74) is 0.858. The minimum atomic E-state index is 0.563. The van der Waals surface area contributed by atoms with Crippen molar-refractivity contribution in [3.05, 3.63) is 34.0 Å². The molecule has 6 heteroatoms. The number of hydrogen-bond donors (Lipinski definition) is 1. The molecule has 0 fully saturated rings. The molecule has 1 aromatic carbocycles. The van der Waals surface area contributed by atoms with Gasteiger partial charge in [0.1, 0.15) is 10.9 Å². The van der Waals surface area contributed by atoms with Gasteiger partial charge in [-0.2, -0.15) is 5.26 Å². The van der Waals surface area contributed by atoms with E-state index in [0.717, 1.165) is 10.6 Å². The van der Waals surface area contributed by atoms with Crippen LogP contribution in [0.2, 0.25) is 0 Å². The fourth-order valence-corrected chi connectivity index (χ4v) is 2.65. The van der Waals surface area contributed by atoms with Crippen LogP contribution in [0.25, 0.3) is 0 Å². The van der Waals surface area contributed by atoms with Gasteiger partial charge in [0.05, 0.1) is 21.3 Å². The lowest BCUT2D eigenvalue weighted by atomic mass is 10.2. The summed E-state index contributed by atoms with van der Waals surface area (Å²) in [6.07, 6.45) is 0. The number of nitriles is 1. The van der Waals surface area contributed by atoms with E-state index >= 15 is 0 Å². The number of nitrogens with one attached hydrogen (secondary N) is 1. The second kappa shape index (κ2) is 6.86. The second-order valence-corrected chi connectivity index (χ2v) is 5.31. The van der Waals surface area contributed by atoms with E-state index < -0.39 is 0 Å². The SMILES string of the molecule is COc1cc(NCc2ccc(C#N)s2)cc(OC)c1OC. The van der Waals surface area contributed by atoms with Crippen molar-refractivity contribution >= 4 is 17.0 Å². The molecule has 0 aliphatic rings. The maximum Gasteiger partial charge on any atom is 0.203 e. The molecule has 21 heavy (non-hydrogen) atoms. The molecule has 2 rings (SSSR count). The lowest BCUT2D eigenvalue weighted by Gasteiger charge is -2.14. The summed E-state index contributed by atoms with van der Waals surface area (Å²) in [6, 6.07) is 9.58. The molecule has 1 N–H and O–H groups in total. The Labute approximate surface area is 127 Å². The normalized spacial score (nSPS) is 9.81. The van der Waals surface area contributed by atoms with Crippen LogP contribution in [-0.2, 0) is 6.54 Å². The molecule has 1 heterocycles. The predicted molar refractivity (Wildman–Crippen MR) is 82.5 cm³/mol. The van der Waals surface area contributed by atoms with Crippen molar-refractivity contribution in [2.75, 3.05) is 26.6 Å². The smallest absolute Gasteiger partial charge is 0.203 e. The van der Waals surface area contributed by atoms with Crippen LogP contribution in [0, 0.1) is 11.3 Å². The Morgan fingerprint density at radius 2 is 1.76 bits per heavy atom. The van der Waals surface area contributed by atoms with Gasteiger partial charge in [0.15, 0.2) is 11.5 Å². The van der Waals surface area contributed by atoms with Crippen molar-refractivity contribution in [3.63, 3.8) is 0 Å². The quantitative estimate of drug-likeness (QED) is 0.887. The fourth-order valence-electron chi connectivity index (χ4n) is 1.91. The first-order valence-corrected chi connectivity index (χ1v) is 7.06. The summed E-state index contributed by atoms with van der Waals surface area (Å²) in [6.45, 7) is 0.630. The lowest BCUT2D eigenvalue weighted by Crippen LogP contribution is -2.00. The highest BCUT2D eigenvalue weighted by Crippen LogP contribution is 2.40. The molecule has 5 nitrogen and oxygen atoms in total. The molecular weight excluding hydrogens is 288 g/mol. The average molecular weight is 304 g/mol. The van der Waals surface area contributed by atoms with Crippen LogP contribution in [-0.4, -0.2) is 21.3 Å². The van der Waals surface area contributed by atoms with Crippen LogP contribution < -0.4 is 19.5 Å². The Hall–Kier alpha value is -2.39. The zero-order valence-electron chi connectivity index (χ0n) is 12.1. The Morgan fingerprint density at radius 3 is 2.24 bits per heavy atom. The first kappa shape index (κ1) is 15.0. The summed E-state index contributed by atoms with van der Waals surface area (Å²) >= 11 is 1.47. The van der Waals surface area contributed by atoms with Crippen LogP contribution in [0.5, 0.6) is 17.2 Å². The third-order valence-corrected chi connectivity index (χ3v) is 3.89. The van der Waals surface area contributed by atoms with Crippen molar-refractivity contribution in [1.82, 2.24) is 0 Å². The van der Waals surface area contributed by atoms with E-state index in [9.17, 15) is 0 Å². The number of methoxy groups -OCH3 is 3. The van der Waals surface area contributed by atoms with Gasteiger partial charge in [0.25, 0.3) is 0 Å². The van der Waals surface area contributed by atoms with Crippen molar-refractivity contribution < 1.29 is 14.2 Å². The van der Waals surface area contributed by atoms with E-state index in [4.69, 9.17) is 19.5 Å². The molecule has 0 saturated heterocycles. The van der Waals surface area contributed by atoms with Gasteiger partial charge in [-0.1, -0.05) is 0 Å². The molecule has 1 aromatic heterocycles. The van der Waals surface area contributed by atoms with Gasteiger partial charge in [-0.3, -0.25) is 0 Å². The van der Waals surface area contributed by atoms with Crippen molar-refractivity contribution in [1.29, 1.82) is 5.26 Å². The van der Waals surface area contributed by atoms with Crippen molar-refractivity contribution in [2.45, 2.75) is 6.54 Å². The highest BCUT2D eigenvalue weighted by Gasteiger charge is 2.13. The minimum absolute atomic E-state index is 0.563. The molecule has 0 radical (unpaired) electrons. The standard InChI is InChI=1S/C15H16N2O3S/c1-18-13-6-10(7-14(19-2)15(13)20-3)17-9-12-5-4-11(8-16)21-12/h4-7,17H,9H2,1-3H3. The van der Waals surface area contributed by atoms with Gasteiger partial charge < -0.3 is 19.5 Å². The van der Waals surface area contributed by atoms with Crippen LogP contribution >= 0.6 is 11.3 Å². The Balaban J connectivity index is 2.18. The van der Waals surface area contributed by atoms with E-state index in [2.05, 4.69) is 11.4 Å². The maximum atomic E-state index is 8.82. The van der Waals surface area contributed by atoms with Gasteiger partial charge in [-0.15, -0.1) is 11.3 Å². The Kier molecular flexibility index (Phi) is 4.90. The molecule has 0 aliphatic carbocycles. The third kappa shape index (κ3) is 3.38. The molecule has 0 saturated carbocycles. The summed E-state index contributed by atoms with van der Waals surface area (Å²) in [5.74, 6) is 1.76. The van der Waals surface area contributed by atoms with Gasteiger partial charge in [0.2, 0.25) is 5.75 Å². The summed E-state index contributed by atoms with van der Waals surface area (Å²) in [4.78, 5) is 1.79. The van der Waals surface area contributed by atoms with E-state index in [1.165, 1.54) is 11.3 Å². The van der Waals surface area contributed by atoms with Gasteiger partial charge >= 0.3 is 0 Å². The van der Waals surface area contributed by atoms with Gasteiger partial charge in [0, 0.05) is 29.2 Å². The zero-order valence-corrected chi connectivity index (χ0v) is 12.9. The summed E-state index contributed by atoms with van der Waals surface area (Å²) < 4.78 is 15.9. The largest absolute Gasteiger partial charge is 0.493 e. The fraction of sp³-hybridized carbons (Fsp3) is 0.267. The van der Waals surface area contributed by atoms with Crippen molar-refractivity contribution in [3.8, 4) is 23.3 Å². The van der Waals surface area contributed by atoms with Crippen LogP contribution in [0.4, 0.5) is 5.69 Å². The molecule has 0 bridgehead atoms. The topological polar surface area (TPSA) is 63.5 Å².